The number of halogens is 1. The average molecular weight is 340 g/mol. The van der Waals surface area contributed by atoms with E-state index in [1.54, 1.807) is 12.1 Å². The highest BCUT2D eigenvalue weighted by atomic mass is 35.5. The molecule has 128 valence electrons. The molecule has 0 atom stereocenters. The Bertz CT molecular complexity index is 555. The van der Waals surface area contributed by atoms with Crippen LogP contribution in [0.3, 0.4) is 0 Å². The maximum absolute atomic E-state index is 12.5. The minimum Gasteiger partial charge on any atom is -0.339 e. The van der Waals surface area contributed by atoms with Gasteiger partial charge in [0.25, 0.3) is 5.91 Å². The molecule has 2 amide bonds. The van der Waals surface area contributed by atoms with Gasteiger partial charge in [0.15, 0.2) is 0 Å². The number of likely N-dealkylation sites (tertiary alicyclic amines) is 1. The zero-order valence-corrected chi connectivity index (χ0v) is 14.6. The number of carbonyl (C=O) groups is 2. The molecule has 0 saturated carbocycles. The first kappa shape index (κ1) is 19.5. The fourth-order valence-corrected chi connectivity index (χ4v) is 2.68. The van der Waals surface area contributed by atoms with Gasteiger partial charge in [-0.25, -0.2) is 0 Å². The van der Waals surface area contributed by atoms with Crippen LogP contribution in [0, 0.1) is 12.8 Å². The summed E-state index contributed by atoms with van der Waals surface area (Å²) in [5.41, 5.74) is 7.68. The predicted octanol–water partition coefficient (Wildman–Crippen LogP) is 2.58. The molecule has 3 N–H and O–H groups in total. The van der Waals surface area contributed by atoms with E-state index in [1.807, 2.05) is 17.9 Å². The number of nitrogens with one attached hydrogen (secondary N) is 1. The topological polar surface area (TPSA) is 75.4 Å². The second-order valence-electron chi connectivity index (χ2n) is 6.09. The molecule has 1 heterocycles. The van der Waals surface area contributed by atoms with Crippen molar-refractivity contribution < 1.29 is 9.59 Å². The van der Waals surface area contributed by atoms with E-state index < -0.39 is 0 Å². The van der Waals surface area contributed by atoms with Crippen molar-refractivity contribution >= 4 is 29.9 Å². The Hall–Kier alpha value is -1.59. The Morgan fingerprint density at radius 1 is 1.30 bits per heavy atom. The van der Waals surface area contributed by atoms with Crippen LogP contribution < -0.4 is 11.1 Å². The third-order valence-corrected chi connectivity index (χ3v) is 4.19. The number of amides is 2. The Balaban J connectivity index is 0.00000264. The van der Waals surface area contributed by atoms with Gasteiger partial charge in [0.1, 0.15) is 0 Å². The minimum atomic E-state index is -0.102. The number of nitrogens with zero attached hydrogens (tertiary/aromatic N) is 1. The lowest BCUT2D eigenvalue weighted by Crippen LogP contribution is -2.37. The second-order valence-corrected chi connectivity index (χ2v) is 6.09. The van der Waals surface area contributed by atoms with E-state index in [0.717, 1.165) is 37.2 Å². The van der Waals surface area contributed by atoms with Crippen LogP contribution in [0.4, 0.5) is 5.69 Å². The Labute approximate surface area is 144 Å². The summed E-state index contributed by atoms with van der Waals surface area (Å²) in [6.07, 6.45) is 2.43. The molecule has 0 radical (unpaired) electrons. The highest BCUT2D eigenvalue weighted by Crippen LogP contribution is 2.21. The largest absolute Gasteiger partial charge is 0.339 e. The molecule has 6 heteroatoms. The molecule has 1 aliphatic rings. The van der Waals surface area contributed by atoms with Crippen LogP contribution in [0.15, 0.2) is 18.2 Å². The zero-order chi connectivity index (χ0) is 16.1. The summed E-state index contributed by atoms with van der Waals surface area (Å²) in [5.74, 6) is 0.676. The summed E-state index contributed by atoms with van der Waals surface area (Å²) in [6, 6.07) is 5.42. The van der Waals surface area contributed by atoms with Gasteiger partial charge in [-0.15, -0.1) is 12.4 Å². The van der Waals surface area contributed by atoms with Crippen molar-refractivity contribution in [3.63, 3.8) is 0 Å². The number of hydrogen-bond donors (Lipinski definition) is 2. The van der Waals surface area contributed by atoms with E-state index in [2.05, 4.69) is 12.2 Å². The summed E-state index contributed by atoms with van der Waals surface area (Å²) in [5, 5.41) is 2.82. The number of aryl methyl sites for hydroxylation is 1. The van der Waals surface area contributed by atoms with Gasteiger partial charge in [-0.3, -0.25) is 9.59 Å². The molecule has 5 nitrogen and oxygen atoms in total. The molecule has 0 aromatic heterocycles. The number of piperidine rings is 1. The standard InChI is InChI=1S/C17H25N3O2.ClH/c1-12-6-9-20(10-7-12)17(22)14-3-4-15(13(2)11-14)19-16(21)5-8-18;/h3-4,11-12H,5-10,18H2,1-2H3,(H,19,21);1H. The van der Waals surface area contributed by atoms with E-state index in [1.165, 1.54) is 0 Å². The SMILES string of the molecule is Cc1cc(C(=O)N2CCC(C)CC2)ccc1NC(=O)CCN.Cl. The summed E-state index contributed by atoms with van der Waals surface area (Å²) in [7, 11) is 0. The molecular formula is C17H26ClN3O2. The maximum atomic E-state index is 12.5. The molecule has 23 heavy (non-hydrogen) atoms. The van der Waals surface area contributed by atoms with Gasteiger partial charge in [0.2, 0.25) is 5.91 Å². The van der Waals surface area contributed by atoms with Gasteiger partial charge >= 0.3 is 0 Å². The molecular weight excluding hydrogens is 314 g/mol. The molecule has 0 unspecified atom stereocenters. The molecule has 2 rings (SSSR count). The van der Waals surface area contributed by atoms with Crippen molar-refractivity contribution in [1.82, 2.24) is 4.90 Å². The molecule has 0 spiro atoms. The van der Waals surface area contributed by atoms with Crippen molar-refractivity contribution in [1.29, 1.82) is 0 Å². The van der Waals surface area contributed by atoms with Crippen LogP contribution >= 0.6 is 12.4 Å². The van der Waals surface area contributed by atoms with E-state index >= 15 is 0 Å². The minimum absolute atomic E-state index is 0. The molecule has 1 saturated heterocycles. The van der Waals surface area contributed by atoms with E-state index in [9.17, 15) is 9.59 Å². The first-order valence-corrected chi connectivity index (χ1v) is 7.91. The zero-order valence-electron chi connectivity index (χ0n) is 13.8. The number of anilines is 1. The fraction of sp³-hybridized carbons (Fsp3) is 0.529. The van der Waals surface area contributed by atoms with Gasteiger partial charge in [0, 0.05) is 37.3 Å². The van der Waals surface area contributed by atoms with Crippen molar-refractivity contribution in [2.24, 2.45) is 11.7 Å². The fourth-order valence-electron chi connectivity index (χ4n) is 2.68. The normalized spacial score (nSPS) is 15.0. The van der Waals surface area contributed by atoms with Crippen LogP contribution in [-0.4, -0.2) is 36.3 Å². The van der Waals surface area contributed by atoms with Crippen molar-refractivity contribution in [2.45, 2.75) is 33.1 Å². The van der Waals surface area contributed by atoms with Gasteiger partial charge in [-0.1, -0.05) is 6.92 Å². The Morgan fingerprint density at radius 3 is 2.52 bits per heavy atom. The lowest BCUT2D eigenvalue weighted by Gasteiger charge is -2.30. The van der Waals surface area contributed by atoms with Crippen LogP contribution in [0.5, 0.6) is 0 Å². The lowest BCUT2D eigenvalue weighted by atomic mass is 9.98. The van der Waals surface area contributed by atoms with Gasteiger partial charge in [0.05, 0.1) is 0 Å². The Kier molecular flexibility index (Phi) is 7.52. The van der Waals surface area contributed by atoms with E-state index in [4.69, 9.17) is 5.73 Å². The quantitative estimate of drug-likeness (QED) is 0.885. The van der Waals surface area contributed by atoms with Crippen LogP contribution in [0.25, 0.3) is 0 Å². The highest BCUT2D eigenvalue weighted by molar-refractivity contribution is 5.96. The summed E-state index contributed by atoms with van der Waals surface area (Å²) in [6.45, 7) is 6.11. The summed E-state index contributed by atoms with van der Waals surface area (Å²) in [4.78, 5) is 26.0. The smallest absolute Gasteiger partial charge is 0.253 e. The number of nitrogens with two attached hydrogens (primary N) is 1. The number of rotatable bonds is 4. The maximum Gasteiger partial charge on any atom is 0.253 e. The van der Waals surface area contributed by atoms with Crippen molar-refractivity contribution in [3.05, 3.63) is 29.3 Å². The summed E-state index contributed by atoms with van der Waals surface area (Å²) >= 11 is 0. The molecule has 0 aliphatic carbocycles. The first-order chi connectivity index (χ1) is 10.5. The number of hydrogen-bond acceptors (Lipinski definition) is 3. The summed E-state index contributed by atoms with van der Waals surface area (Å²) < 4.78 is 0. The molecule has 1 aromatic rings. The van der Waals surface area contributed by atoms with Gasteiger partial charge in [-0.2, -0.15) is 0 Å². The highest BCUT2D eigenvalue weighted by Gasteiger charge is 2.21. The van der Waals surface area contributed by atoms with Crippen LogP contribution in [0.1, 0.15) is 42.1 Å². The van der Waals surface area contributed by atoms with Crippen LogP contribution in [0.2, 0.25) is 0 Å². The lowest BCUT2D eigenvalue weighted by molar-refractivity contribution is -0.116. The predicted molar refractivity (Wildman–Crippen MR) is 95.0 cm³/mol. The van der Waals surface area contributed by atoms with Crippen LogP contribution in [-0.2, 0) is 4.79 Å². The molecule has 1 aliphatic heterocycles. The van der Waals surface area contributed by atoms with E-state index in [-0.39, 0.29) is 24.2 Å². The van der Waals surface area contributed by atoms with Crippen molar-refractivity contribution in [2.75, 3.05) is 25.0 Å². The molecule has 0 bridgehead atoms. The Morgan fingerprint density at radius 2 is 1.96 bits per heavy atom. The number of carbonyl (C=O) groups excluding carboxylic acids is 2. The van der Waals surface area contributed by atoms with Gasteiger partial charge < -0.3 is 16.0 Å². The van der Waals surface area contributed by atoms with Crippen molar-refractivity contribution in [3.8, 4) is 0 Å². The first-order valence-electron chi connectivity index (χ1n) is 7.91. The molecule has 1 fully saturated rings. The third-order valence-electron chi connectivity index (χ3n) is 4.19. The molecule has 1 aromatic carbocycles. The number of benzene rings is 1. The second kappa shape index (κ2) is 8.89. The monoisotopic (exact) mass is 339 g/mol. The van der Waals surface area contributed by atoms with Gasteiger partial charge in [-0.05, 0) is 49.4 Å². The van der Waals surface area contributed by atoms with E-state index in [0.29, 0.717) is 24.4 Å². The third kappa shape index (κ3) is 5.22. The average Bonchev–Trinajstić information content (AvgIpc) is 2.49.